The number of methoxy groups -OCH3 is 1. The number of carbonyl (C=O) groups excluding carboxylic acids is 1. The van der Waals surface area contributed by atoms with E-state index in [2.05, 4.69) is 0 Å². The molecule has 2 heterocycles. The van der Waals surface area contributed by atoms with Crippen molar-refractivity contribution >= 4 is 5.97 Å². The second-order valence-corrected chi connectivity index (χ2v) is 11.2. The summed E-state index contributed by atoms with van der Waals surface area (Å²) in [4.78, 5) is 12.3. The predicted molar refractivity (Wildman–Crippen MR) is 178 cm³/mol. The van der Waals surface area contributed by atoms with E-state index in [0.717, 1.165) is 102 Å². The third-order valence-electron chi connectivity index (χ3n) is 7.67. The normalized spacial score (nSPS) is 17.8. The number of rotatable bonds is 20. The Morgan fingerprint density at radius 2 is 1.24 bits per heavy atom. The van der Waals surface area contributed by atoms with Crippen molar-refractivity contribution in [1.29, 1.82) is 0 Å². The molecule has 2 unspecified atom stereocenters. The summed E-state index contributed by atoms with van der Waals surface area (Å²) in [5.41, 5.74) is 1.39. The first-order valence-electron chi connectivity index (χ1n) is 17.4. The number of ether oxygens (including phenoxy) is 8. The van der Waals surface area contributed by atoms with Crippen LogP contribution in [0.5, 0.6) is 17.2 Å². The van der Waals surface area contributed by atoms with Crippen molar-refractivity contribution in [2.75, 3.05) is 46.8 Å². The molecule has 0 aliphatic carbocycles. The Morgan fingerprint density at radius 3 is 1.85 bits per heavy atom. The fourth-order valence-electron chi connectivity index (χ4n) is 5.09. The summed E-state index contributed by atoms with van der Waals surface area (Å²) in [6.07, 6.45) is 12.5. The lowest BCUT2D eigenvalue weighted by atomic mass is 10.2. The number of benzene rings is 2. The zero-order valence-electron chi connectivity index (χ0n) is 28.3. The molecule has 0 radical (unpaired) electrons. The van der Waals surface area contributed by atoms with Gasteiger partial charge in [-0.3, -0.25) is 0 Å². The van der Waals surface area contributed by atoms with E-state index < -0.39 is 5.97 Å². The molecular weight excluding hydrogens is 588 g/mol. The second kappa shape index (κ2) is 23.5. The second-order valence-electron chi connectivity index (χ2n) is 11.2. The summed E-state index contributed by atoms with van der Waals surface area (Å²) in [6, 6.07) is 13.1. The Kier molecular flexibility index (Phi) is 19.2. The molecule has 0 N–H and O–H groups in total. The summed E-state index contributed by atoms with van der Waals surface area (Å²) in [7, 11) is 1.36. The van der Waals surface area contributed by atoms with Crippen LogP contribution in [0.4, 0.5) is 0 Å². The maximum atomic E-state index is 12.3. The van der Waals surface area contributed by atoms with Gasteiger partial charge in [0.2, 0.25) is 0 Å². The minimum absolute atomic E-state index is 0.00659. The molecule has 2 fully saturated rings. The van der Waals surface area contributed by atoms with Crippen molar-refractivity contribution in [3.8, 4) is 17.2 Å². The van der Waals surface area contributed by atoms with Crippen LogP contribution in [0.2, 0.25) is 0 Å². The Bertz CT molecular complexity index is 1060. The number of hydrogen-bond acceptors (Lipinski definition) is 9. The van der Waals surface area contributed by atoms with Gasteiger partial charge < -0.3 is 37.9 Å². The molecule has 0 amide bonds. The zero-order valence-corrected chi connectivity index (χ0v) is 28.3. The molecule has 9 heteroatoms. The van der Waals surface area contributed by atoms with Gasteiger partial charge >= 0.3 is 5.97 Å². The first kappa shape index (κ1) is 37.6. The molecule has 258 valence electrons. The molecule has 2 aliphatic heterocycles. The average Bonchev–Trinajstić information content (AvgIpc) is 3.12. The Hall–Kier alpha value is -2.85. The molecule has 46 heavy (non-hydrogen) atoms. The highest BCUT2D eigenvalue weighted by atomic mass is 16.7. The van der Waals surface area contributed by atoms with Crippen molar-refractivity contribution in [3.05, 3.63) is 53.6 Å². The van der Waals surface area contributed by atoms with Gasteiger partial charge in [-0.15, -0.1) is 0 Å². The zero-order chi connectivity index (χ0) is 32.7. The van der Waals surface area contributed by atoms with Crippen molar-refractivity contribution in [1.82, 2.24) is 0 Å². The van der Waals surface area contributed by atoms with E-state index in [4.69, 9.17) is 37.9 Å². The van der Waals surface area contributed by atoms with Gasteiger partial charge in [0.1, 0.15) is 29.4 Å². The third-order valence-corrected chi connectivity index (χ3v) is 7.67. The van der Waals surface area contributed by atoms with E-state index >= 15 is 0 Å². The number of hydrogen-bond donors (Lipinski definition) is 0. The number of carbonyl (C=O) groups is 1. The number of unbranched alkanes of at least 4 members (excludes halogenated alkanes) is 4. The van der Waals surface area contributed by atoms with Crippen molar-refractivity contribution < 1.29 is 42.7 Å². The molecule has 0 aromatic heterocycles. The molecule has 2 aliphatic rings. The van der Waals surface area contributed by atoms with Crippen LogP contribution >= 0.6 is 0 Å². The van der Waals surface area contributed by atoms with Gasteiger partial charge in [-0.05, 0) is 100 Å². The van der Waals surface area contributed by atoms with Gasteiger partial charge in [0.05, 0.1) is 20.3 Å². The summed E-state index contributed by atoms with van der Waals surface area (Å²) >= 11 is 0. The molecule has 2 aromatic rings. The highest BCUT2D eigenvalue weighted by Crippen LogP contribution is 2.27. The van der Waals surface area contributed by atoms with Crippen LogP contribution in [0, 0.1) is 0 Å². The fraction of sp³-hybridized carbons (Fsp3) is 0.649. The Balaban J connectivity index is 0.00000282. The van der Waals surface area contributed by atoms with Gasteiger partial charge in [0.25, 0.3) is 0 Å². The highest BCUT2D eigenvalue weighted by Gasteiger charge is 2.16. The quantitative estimate of drug-likeness (QED) is 0.104. The summed E-state index contributed by atoms with van der Waals surface area (Å²) in [5, 5.41) is 0. The summed E-state index contributed by atoms with van der Waals surface area (Å²) in [6.45, 7) is 8.52. The Morgan fingerprint density at radius 1 is 0.674 bits per heavy atom. The van der Waals surface area contributed by atoms with Crippen LogP contribution in [-0.4, -0.2) is 65.3 Å². The molecule has 9 nitrogen and oxygen atoms in total. The van der Waals surface area contributed by atoms with Gasteiger partial charge in [-0.1, -0.05) is 32.4 Å². The minimum Gasteiger partial charge on any atom is -0.494 e. The van der Waals surface area contributed by atoms with Crippen LogP contribution < -0.4 is 14.2 Å². The largest absolute Gasteiger partial charge is 0.494 e. The average molecular weight is 645 g/mol. The van der Waals surface area contributed by atoms with Gasteiger partial charge in [0, 0.05) is 32.5 Å². The molecule has 0 saturated carbocycles. The molecule has 0 bridgehead atoms. The van der Waals surface area contributed by atoms with Gasteiger partial charge in [-0.25, -0.2) is 4.79 Å². The lowest BCUT2D eigenvalue weighted by Crippen LogP contribution is -2.22. The van der Waals surface area contributed by atoms with Gasteiger partial charge in [0.15, 0.2) is 12.6 Å². The topological polar surface area (TPSA) is 90.9 Å². The van der Waals surface area contributed by atoms with E-state index in [1.165, 1.54) is 13.5 Å². The molecular formula is C37H56O9. The molecule has 2 aromatic carbocycles. The van der Waals surface area contributed by atoms with Crippen LogP contribution in [0.15, 0.2) is 42.5 Å². The van der Waals surface area contributed by atoms with Crippen molar-refractivity contribution in [2.24, 2.45) is 0 Å². The van der Waals surface area contributed by atoms with Crippen molar-refractivity contribution in [2.45, 2.75) is 110 Å². The van der Waals surface area contributed by atoms with Crippen LogP contribution in [0.25, 0.3) is 0 Å². The van der Waals surface area contributed by atoms with Crippen molar-refractivity contribution in [3.63, 3.8) is 0 Å². The van der Waals surface area contributed by atoms with Crippen LogP contribution in [-0.2, 0) is 30.3 Å². The van der Waals surface area contributed by atoms with E-state index in [9.17, 15) is 4.79 Å². The molecule has 2 saturated heterocycles. The SMILES string of the molecule is CC.COC(=O)c1ccc(OCc2ccc(OCCCCCCOC3CCCCO3)cc2)cc1OCCCCOC1CCCCO1. The van der Waals surface area contributed by atoms with E-state index in [0.29, 0.717) is 43.5 Å². The lowest BCUT2D eigenvalue weighted by molar-refractivity contribution is -0.163. The summed E-state index contributed by atoms with van der Waals surface area (Å²) in [5.74, 6) is 1.46. The first-order valence-corrected chi connectivity index (χ1v) is 17.4. The maximum Gasteiger partial charge on any atom is 0.341 e. The standard InChI is InChI=1S/C35H50O9.C2H6/c1-37-35(36)31-19-18-30(26-32(31)39-21-10-11-25-43-34-13-5-9-24-42-34)44-27-28-14-16-29(17-15-28)38-20-6-2-3-7-22-40-33-12-4-8-23-41-33;1-2/h14-19,26,33-34H,2-13,20-25,27H2,1H3;1-2H3. The van der Waals surface area contributed by atoms with Gasteiger partial charge in [-0.2, -0.15) is 0 Å². The van der Waals surface area contributed by atoms with Crippen LogP contribution in [0.1, 0.15) is 107 Å². The van der Waals surface area contributed by atoms with E-state index in [1.807, 2.05) is 38.1 Å². The molecule has 0 spiro atoms. The highest BCUT2D eigenvalue weighted by molar-refractivity contribution is 5.92. The Labute approximate surface area is 276 Å². The fourth-order valence-corrected chi connectivity index (χ4v) is 5.09. The first-order chi connectivity index (χ1) is 22.7. The maximum absolute atomic E-state index is 12.3. The monoisotopic (exact) mass is 644 g/mol. The lowest BCUT2D eigenvalue weighted by Gasteiger charge is -2.22. The molecule has 4 rings (SSSR count). The number of esters is 1. The minimum atomic E-state index is -0.446. The smallest absolute Gasteiger partial charge is 0.341 e. The molecule has 2 atom stereocenters. The van der Waals surface area contributed by atoms with Crippen LogP contribution in [0.3, 0.4) is 0 Å². The third kappa shape index (κ3) is 14.7. The van der Waals surface area contributed by atoms with E-state index in [-0.39, 0.29) is 12.6 Å². The predicted octanol–water partition coefficient (Wildman–Crippen LogP) is 8.26. The summed E-state index contributed by atoms with van der Waals surface area (Å²) < 4.78 is 45.6. The van der Waals surface area contributed by atoms with E-state index in [1.54, 1.807) is 18.2 Å².